The first-order valence-electron chi connectivity index (χ1n) is 13.3. The number of ether oxygens (including phenoxy) is 3. The van der Waals surface area contributed by atoms with Gasteiger partial charge in [-0.1, -0.05) is 34.1 Å². The Morgan fingerprint density at radius 1 is 1.03 bits per heavy atom. The molecule has 0 radical (unpaired) electrons. The van der Waals surface area contributed by atoms with E-state index in [0.29, 0.717) is 37.0 Å². The summed E-state index contributed by atoms with van der Waals surface area (Å²) in [5.74, 6) is 1.56. The molecule has 2 aromatic carbocycles. The maximum Gasteiger partial charge on any atom is 0.407 e. The summed E-state index contributed by atoms with van der Waals surface area (Å²) < 4.78 is 17.0. The topological polar surface area (TPSA) is 80.3 Å². The van der Waals surface area contributed by atoms with Gasteiger partial charge in [-0.25, -0.2) is 4.79 Å². The molecular weight excluding hydrogens is 586 g/mol. The molecular formula is C29H39BrClN3O5. The second-order valence-corrected chi connectivity index (χ2v) is 11.0. The number of halogens is 2. The van der Waals surface area contributed by atoms with Gasteiger partial charge in [0.05, 0.1) is 32.3 Å². The lowest BCUT2D eigenvalue weighted by molar-refractivity contribution is -0.138. The fraction of sp³-hybridized carbons (Fsp3) is 0.517. The molecule has 2 aliphatic heterocycles. The van der Waals surface area contributed by atoms with E-state index in [2.05, 4.69) is 38.3 Å². The van der Waals surface area contributed by atoms with Crippen molar-refractivity contribution >= 4 is 40.3 Å². The van der Waals surface area contributed by atoms with Crippen LogP contribution in [0.3, 0.4) is 0 Å². The Morgan fingerprint density at radius 3 is 2.33 bits per heavy atom. The zero-order valence-corrected chi connectivity index (χ0v) is 25.3. The Balaban J connectivity index is 0.00000420. The summed E-state index contributed by atoms with van der Waals surface area (Å²) in [7, 11) is 3.20. The van der Waals surface area contributed by atoms with Gasteiger partial charge in [0.25, 0.3) is 0 Å². The molecule has 0 aliphatic carbocycles. The number of hydrogen-bond donors (Lipinski definition) is 1. The largest absolute Gasteiger partial charge is 0.493 e. The van der Waals surface area contributed by atoms with Crippen LogP contribution in [0.1, 0.15) is 49.8 Å². The number of piperidine rings is 1. The third-order valence-electron chi connectivity index (χ3n) is 7.81. The zero-order chi connectivity index (χ0) is 27.1. The monoisotopic (exact) mass is 623 g/mol. The van der Waals surface area contributed by atoms with Crippen LogP contribution in [-0.4, -0.2) is 68.8 Å². The number of carbonyl (C=O) groups excluding carboxylic acids is 2. The third kappa shape index (κ3) is 7.58. The number of hydrogen-bond acceptors (Lipinski definition) is 6. The van der Waals surface area contributed by atoms with Crippen molar-refractivity contribution in [2.24, 2.45) is 5.41 Å². The number of methoxy groups -OCH3 is 2. The molecule has 2 heterocycles. The number of nitrogens with one attached hydrogen (secondary N) is 1. The van der Waals surface area contributed by atoms with Crippen LogP contribution in [0.5, 0.6) is 11.5 Å². The van der Waals surface area contributed by atoms with E-state index in [1.165, 1.54) is 0 Å². The normalized spacial score (nSPS) is 17.4. The van der Waals surface area contributed by atoms with E-state index in [9.17, 15) is 9.59 Å². The molecule has 0 bridgehead atoms. The summed E-state index contributed by atoms with van der Waals surface area (Å²) >= 11 is 3.48. The van der Waals surface area contributed by atoms with Crippen LogP contribution in [0.2, 0.25) is 0 Å². The molecule has 2 aliphatic rings. The van der Waals surface area contributed by atoms with Gasteiger partial charge in [-0.05, 0) is 81.1 Å². The average Bonchev–Trinajstić information content (AvgIpc) is 3.22. The van der Waals surface area contributed by atoms with Crippen molar-refractivity contribution in [2.75, 3.05) is 47.0 Å². The van der Waals surface area contributed by atoms with E-state index in [4.69, 9.17) is 14.2 Å². The molecule has 2 saturated heterocycles. The molecule has 2 aromatic rings. The molecule has 2 amide bonds. The van der Waals surface area contributed by atoms with Gasteiger partial charge in [0, 0.05) is 24.1 Å². The van der Waals surface area contributed by atoms with Gasteiger partial charge in [0.1, 0.15) is 0 Å². The molecule has 8 nitrogen and oxygen atoms in total. The van der Waals surface area contributed by atoms with E-state index in [0.717, 1.165) is 61.0 Å². The van der Waals surface area contributed by atoms with Crippen LogP contribution in [0.15, 0.2) is 46.9 Å². The molecule has 1 spiro atoms. The molecule has 1 atom stereocenters. The molecule has 214 valence electrons. The van der Waals surface area contributed by atoms with Crippen molar-refractivity contribution in [3.05, 3.63) is 58.1 Å². The highest BCUT2D eigenvalue weighted by atomic mass is 79.9. The van der Waals surface area contributed by atoms with Crippen molar-refractivity contribution < 1.29 is 23.8 Å². The fourth-order valence-corrected chi connectivity index (χ4v) is 5.81. The molecule has 10 heteroatoms. The first-order valence-corrected chi connectivity index (χ1v) is 14.1. The molecule has 1 unspecified atom stereocenters. The predicted molar refractivity (Wildman–Crippen MR) is 157 cm³/mol. The highest BCUT2D eigenvalue weighted by Gasteiger charge is 2.47. The van der Waals surface area contributed by atoms with Crippen molar-refractivity contribution in [3.63, 3.8) is 0 Å². The summed E-state index contributed by atoms with van der Waals surface area (Å²) in [6, 6.07) is 13.7. The second kappa shape index (κ2) is 14.2. The number of likely N-dealkylation sites (tertiary alicyclic amines) is 2. The Morgan fingerprint density at radius 2 is 1.69 bits per heavy atom. The average molecular weight is 625 g/mol. The highest BCUT2D eigenvalue weighted by Crippen LogP contribution is 2.42. The SMILES string of the molecule is CCOC(=O)NC(CCN1CCC2(CC1)CCN(Cc1ccc(Br)cc1)C2=O)c1ccc(OC)c(OC)c1.Cl. The quantitative estimate of drug-likeness (QED) is 0.372. The molecule has 4 rings (SSSR count). The first kappa shape index (κ1) is 31.0. The van der Waals surface area contributed by atoms with Crippen LogP contribution in [0.25, 0.3) is 0 Å². The van der Waals surface area contributed by atoms with Gasteiger partial charge in [-0.2, -0.15) is 0 Å². The van der Waals surface area contributed by atoms with Crippen LogP contribution >= 0.6 is 28.3 Å². The lowest BCUT2D eigenvalue weighted by Crippen LogP contribution is -2.45. The summed E-state index contributed by atoms with van der Waals surface area (Å²) in [4.78, 5) is 30.1. The Hall–Kier alpha value is -2.49. The van der Waals surface area contributed by atoms with E-state index in [1.807, 2.05) is 35.2 Å². The molecule has 1 N–H and O–H groups in total. The fourth-order valence-electron chi connectivity index (χ4n) is 5.54. The van der Waals surface area contributed by atoms with Gasteiger partial charge < -0.3 is 29.3 Å². The molecule has 0 saturated carbocycles. The minimum Gasteiger partial charge on any atom is -0.493 e. The molecule has 2 fully saturated rings. The number of alkyl carbamates (subject to hydrolysis) is 1. The highest BCUT2D eigenvalue weighted by molar-refractivity contribution is 9.10. The Kier molecular flexibility index (Phi) is 11.3. The smallest absolute Gasteiger partial charge is 0.407 e. The van der Waals surface area contributed by atoms with E-state index >= 15 is 0 Å². The van der Waals surface area contributed by atoms with Crippen molar-refractivity contribution in [3.8, 4) is 11.5 Å². The van der Waals surface area contributed by atoms with E-state index < -0.39 is 6.09 Å². The lowest BCUT2D eigenvalue weighted by atomic mass is 9.77. The number of nitrogens with zero attached hydrogens (tertiary/aromatic N) is 2. The van der Waals surface area contributed by atoms with E-state index in [1.54, 1.807) is 21.1 Å². The van der Waals surface area contributed by atoms with Crippen molar-refractivity contribution in [1.82, 2.24) is 15.1 Å². The molecule has 0 aromatic heterocycles. The third-order valence-corrected chi connectivity index (χ3v) is 8.34. The maximum atomic E-state index is 13.4. The number of amides is 2. The summed E-state index contributed by atoms with van der Waals surface area (Å²) in [6.07, 6.45) is 2.94. The Labute approximate surface area is 245 Å². The first-order chi connectivity index (χ1) is 18.4. The minimum absolute atomic E-state index is 0. The second-order valence-electron chi connectivity index (χ2n) is 10.0. The zero-order valence-electron chi connectivity index (χ0n) is 22.9. The minimum atomic E-state index is -0.438. The maximum absolute atomic E-state index is 13.4. The number of benzene rings is 2. The Bertz CT molecular complexity index is 1110. The summed E-state index contributed by atoms with van der Waals surface area (Å²) in [5, 5.41) is 3.00. The van der Waals surface area contributed by atoms with Crippen molar-refractivity contribution in [2.45, 2.75) is 45.2 Å². The van der Waals surface area contributed by atoms with Gasteiger partial charge >= 0.3 is 6.09 Å². The summed E-state index contributed by atoms with van der Waals surface area (Å²) in [5.41, 5.74) is 1.85. The standard InChI is InChI=1S/C29H38BrN3O5.ClH/c1-4-38-28(35)31-24(22-7-10-25(36-2)26(19-22)37-3)11-15-32-16-12-29(13-17-32)14-18-33(27(29)34)20-21-5-8-23(30)9-6-21;/h5-10,19,24H,4,11-18,20H2,1-3H3,(H,31,35);1H. The lowest BCUT2D eigenvalue weighted by Gasteiger charge is -2.38. The van der Waals surface area contributed by atoms with Crippen LogP contribution < -0.4 is 14.8 Å². The predicted octanol–water partition coefficient (Wildman–Crippen LogP) is 5.58. The van der Waals surface area contributed by atoms with Crippen LogP contribution in [0.4, 0.5) is 4.79 Å². The van der Waals surface area contributed by atoms with Gasteiger partial charge in [0.15, 0.2) is 11.5 Å². The van der Waals surface area contributed by atoms with Gasteiger partial charge in [-0.15, -0.1) is 12.4 Å². The van der Waals surface area contributed by atoms with Crippen molar-refractivity contribution in [1.29, 1.82) is 0 Å². The molecule has 39 heavy (non-hydrogen) atoms. The van der Waals surface area contributed by atoms with Gasteiger partial charge in [-0.3, -0.25) is 4.79 Å². The van der Waals surface area contributed by atoms with Gasteiger partial charge in [0.2, 0.25) is 5.91 Å². The number of rotatable bonds is 10. The van der Waals surface area contributed by atoms with Crippen LogP contribution in [0, 0.1) is 5.41 Å². The van der Waals surface area contributed by atoms with Crippen LogP contribution in [-0.2, 0) is 16.1 Å². The summed E-state index contributed by atoms with van der Waals surface area (Å²) in [6.45, 7) is 6.14. The van der Waals surface area contributed by atoms with E-state index in [-0.39, 0.29) is 23.9 Å². The number of carbonyl (C=O) groups is 2.